The summed E-state index contributed by atoms with van der Waals surface area (Å²) in [6, 6.07) is 0. The van der Waals surface area contributed by atoms with Crippen molar-refractivity contribution in [3.05, 3.63) is 0 Å². The molecule has 0 saturated heterocycles. The highest BCUT2D eigenvalue weighted by molar-refractivity contribution is 7.47. The van der Waals surface area contributed by atoms with Crippen LogP contribution in [0.1, 0.15) is 317 Å². The summed E-state index contributed by atoms with van der Waals surface area (Å²) < 4.78 is 67.8. The molecule has 0 aliphatic carbocycles. The van der Waals surface area contributed by atoms with Crippen LogP contribution in [0.5, 0.6) is 0 Å². The van der Waals surface area contributed by atoms with E-state index in [9.17, 15) is 43.2 Å². The van der Waals surface area contributed by atoms with Gasteiger partial charge in [-0.15, -0.1) is 0 Å². The lowest BCUT2D eigenvalue weighted by Gasteiger charge is -2.21. The molecule has 0 radical (unpaired) electrons. The van der Waals surface area contributed by atoms with Gasteiger partial charge in [0.05, 0.1) is 26.4 Å². The van der Waals surface area contributed by atoms with Crippen molar-refractivity contribution in [1.29, 1.82) is 0 Å². The van der Waals surface area contributed by atoms with Crippen LogP contribution < -0.4 is 0 Å². The van der Waals surface area contributed by atoms with E-state index >= 15 is 0 Å². The number of aliphatic hydroxyl groups excluding tert-OH is 1. The summed E-state index contributed by atoms with van der Waals surface area (Å²) in [4.78, 5) is 72.0. The summed E-state index contributed by atoms with van der Waals surface area (Å²) in [5, 5.41) is 10.5. The first-order chi connectivity index (χ1) is 39.5. The van der Waals surface area contributed by atoms with Crippen molar-refractivity contribution in [3.63, 3.8) is 0 Å². The lowest BCUT2D eigenvalue weighted by Crippen LogP contribution is -2.30. The Hall–Kier alpha value is -1.94. The minimum atomic E-state index is -4.94. The van der Waals surface area contributed by atoms with Gasteiger partial charge in [-0.2, -0.15) is 0 Å². The molecule has 3 N–H and O–H groups in total. The molecule has 0 amide bonds. The summed E-state index contributed by atoms with van der Waals surface area (Å²) in [6.45, 7) is 7.13. The quantitative estimate of drug-likeness (QED) is 0.0222. The second-order valence-electron chi connectivity index (χ2n) is 23.3. The van der Waals surface area contributed by atoms with Gasteiger partial charge in [-0.3, -0.25) is 37.3 Å². The number of phosphoric acid groups is 2. The fourth-order valence-electron chi connectivity index (χ4n) is 9.41. The number of ether oxygens (including phenoxy) is 4. The van der Waals surface area contributed by atoms with Crippen LogP contribution in [0.25, 0.3) is 0 Å². The van der Waals surface area contributed by atoms with Crippen molar-refractivity contribution in [1.82, 2.24) is 0 Å². The molecule has 17 nitrogen and oxygen atoms in total. The van der Waals surface area contributed by atoms with E-state index in [1.165, 1.54) is 122 Å². The van der Waals surface area contributed by atoms with E-state index in [0.29, 0.717) is 25.7 Å². The molecule has 0 bridgehead atoms. The first kappa shape index (κ1) is 80.1. The van der Waals surface area contributed by atoms with Gasteiger partial charge in [-0.25, -0.2) is 9.13 Å². The van der Waals surface area contributed by atoms with E-state index in [0.717, 1.165) is 115 Å². The molecule has 0 spiro atoms. The zero-order chi connectivity index (χ0) is 60.6. The van der Waals surface area contributed by atoms with E-state index in [1.807, 2.05) is 0 Å². The standard InChI is InChI=1S/C63H122O17P2/c1-6-9-12-15-18-20-21-22-25-28-33-37-42-47-61(66)74-53-59(80-63(68)49-44-39-34-29-26-23-24-27-31-35-40-45-56(4)5)55-78-82(71,72)76-51-57(64)50-75-81(69,70)77-54-58(52-73-60(65)46-41-36-30-17-14-11-8-3)79-62(67)48-43-38-32-19-16-13-10-7-2/h56-59,64H,6-55H2,1-5H3,(H,69,70)(H,71,72)/t57-,58+,59+/m0/s1. The Balaban J connectivity index is 5.20. The van der Waals surface area contributed by atoms with Gasteiger partial charge in [0, 0.05) is 25.7 Å². The number of aliphatic hydroxyl groups is 1. The average molecular weight is 1210 g/mol. The molecule has 0 heterocycles. The van der Waals surface area contributed by atoms with E-state index in [2.05, 4.69) is 34.6 Å². The largest absolute Gasteiger partial charge is 0.472 e. The van der Waals surface area contributed by atoms with Crippen molar-refractivity contribution in [2.45, 2.75) is 335 Å². The van der Waals surface area contributed by atoms with Gasteiger partial charge in [0.15, 0.2) is 12.2 Å². The van der Waals surface area contributed by atoms with Gasteiger partial charge in [0.1, 0.15) is 19.3 Å². The molecule has 0 aliphatic rings. The highest BCUT2D eigenvalue weighted by Gasteiger charge is 2.30. The number of hydrogen-bond acceptors (Lipinski definition) is 15. The smallest absolute Gasteiger partial charge is 0.462 e. The number of carbonyl (C=O) groups excluding carboxylic acids is 4. The zero-order valence-electron chi connectivity index (χ0n) is 52.6. The monoisotopic (exact) mass is 1210 g/mol. The maximum Gasteiger partial charge on any atom is 0.472 e. The van der Waals surface area contributed by atoms with Crippen LogP contribution in [0, 0.1) is 5.92 Å². The van der Waals surface area contributed by atoms with Crippen molar-refractivity contribution < 1.29 is 80.2 Å². The molecule has 2 unspecified atom stereocenters. The fraction of sp³-hybridized carbons (Fsp3) is 0.937. The predicted molar refractivity (Wildman–Crippen MR) is 326 cm³/mol. The number of hydrogen-bond donors (Lipinski definition) is 3. The normalized spacial score (nSPS) is 14.3. The molecule has 0 aromatic rings. The van der Waals surface area contributed by atoms with Gasteiger partial charge >= 0.3 is 39.5 Å². The molecule has 0 aromatic carbocycles. The molecule has 82 heavy (non-hydrogen) atoms. The number of carbonyl (C=O) groups is 4. The van der Waals surface area contributed by atoms with Gasteiger partial charge < -0.3 is 33.8 Å². The zero-order valence-corrected chi connectivity index (χ0v) is 54.4. The van der Waals surface area contributed by atoms with Crippen LogP contribution in [0.4, 0.5) is 0 Å². The molecular weight excluding hydrogens is 1090 g/mol. The molecule has 0 aliphatic heterocycles. The number of rotatable bonds is 63. The molecule has 5 atom stereocenters. The van der Waals surface area contributed by atoms with Crippen LogP contribution in [0.15, 0.2) is 0 Å². The molecule has 0 fully saturated rings. The van der Waals surface area contributed by atoms with Crippen LogP contribution in [0.2, 0.25) is 0 Å². The van der Waals surface area contributed by atoms with Crippen molar-refractivity contribution in [2.24, 2.45) is 5.92 Å². The minimum absolute atomic E-state index is 0.105. The first-order valence-electron chi connectivity index (χ1n) is 33.1. The Morgan fingerprint density at radius 1 is 0.329 bits per heavy atom. The third-order valence-electron chi connectivity index (χ3n) is 14.5. The predicted octanol–water partition coefficient (Wildman–Crippen LogP) is 17.4. The summed E-state index contributed by atoms with van der Waals surface area (Å²) in [6.07, 6.45) is 40.4. The highest BCUT2D eigenvalue weighted by atomic mass is 31.2. The summed E-state index contributed by atoms with van der Waals surface area (Å²) in [7, 11) is -9.88. The van der Waals surface area contributed by atoms with E-state index < -0.39 is 97.5 Å². The second-order valence-corrected chi connectivity index (χ2v) is 26.2. The Morgan fingerprint density at radius 3 is 0.829 bits per heavy atom. The Labute approximate surface area is 498 Å². The average Bonchev–Trinajstić information content (AvgIpc) is 3.45. The highest BCUT2D eigenvalue weighted by Crippen LogP contribution is 2.45. The van der Waals surface area contributed by atoms with Crippen LogP contribution in [0.3, 0.4) is 0 Å². The lowest BCUT2D eigenvalue weighted by molar-refractivity contribution is -0.161. The Morgan fingerprint density at radius 2 is 0.561 bits per heavy atom. The molecule has 0 aromatic heterocycles. The first-order valence-corrected chi connectivity index (χ1v) is 36.1. The van der Waals surface area contributed by atoms with Crippen molar-refractivity contribution >= 4 is 39.5 Å². The van der Waals surface area contributed by atoms with Crippen molar-refractivity contribution in [3.8, 4) is 0 Å². The Kier molecular flexibility index (Phi) is 55.5. The van der Waals surface area contributed by atoms with Gasteiger partial charge in [0.2, 0.25) is 0 Å². The van der Waals surface area contributed by atoms with Crippen molar-refractivity contribution in [2.75, 3.05) is 39.6 Å². The lowest BCUT2D eigenvalue weighted by atomic mass is 10.0. The molecule has 486 valence electrons. The summed E-state index contributed by atoms with van der Waals surface area (Å²) >= 11 is 0. The third kappa shape index (κ3) is 57.2. The number of esters is 4. The van der Waals surface area contributed by atoms with Gasteiger partial charge in [-0.1, -0.05) is 266 Å². The van der Waals surface area contributed by atoms with Crippen LogP contribution in [-0.2, 0) is 65.4 Å². The topological polar surface area (TPSA) is 237 Å². The van der Waals surface area contributed by atoms with E-state index in [1.54, 1.807) is 0 Å². The van der Waals surface area contributed by atoms with Crippen LogP contribution >= 0.6 is 15.6 Å². The minimum Gasteiger partial charge on any atom is -0.462 e. The number of unbranched alkanes of at least 4 members (excludes halogenated alkanes) is 35. The summed E-state index contributed by atoms with van der Waals surface area (Å²) in [5.41, 5.74) is 0. The van der Waals surface area contributed by atoms with E-state index in [4.69, 9.17) is 37.0 Å². The molecule has 0 saturated carbocycles. The van der Waals surface area contributed by atoms with E-state index in [-0.39, 0.29) is 25.7 Å². The fourth-order valence-corrected chi connectivity index (χ4v) is 11.0. The van der Waals surface area contributed by atoms with Gasteiger partial charge in [-0.05, 0) is 31.6 Å². The van der Waals surface area contributed by atoms with Crippen LogP contribution in [-0.4, -0.2) is 96.7 Å². The summed E-state index contributed by atoms with van der Waals surface area (Å²) in [5.74, 6) is -1.37. The third-order valence-corrected chi connectivity index (χ3v) is 16.4. The SMILES string of the molecule is CCCCCCCCCCCCCCCC(=O)OC[C@H](COP(=O)(O)OC[C@@H](O)COP(=O)(O)OC[C@@H](COC(=O)CCCCCCCCC)OC(=O)CCCCCCCCCC)OC(=O)CCCCCCCCCCCCCC(C)C. The van der Waals surface area contributed by atoms with Gasteiger partial charge in [0.25, 0.3) is 0 Å². The molecular formula is C63H122O17P2. The molecule has 0 rings (SSSR count). The number of phosphoric ester groups is 2. The maximum absolute atomic E-state index is 13.0. The Bertz CT molecular complexity index is 1600. The second kappa shape index (κ2) is 56.8. The maximum atomic E-state index is 13.0. The molecule has 19 heteroatoms.